The second kappa shape index (κ2) is 10.3. The fourth-order valence-corrected chi connectivity index (χ4v) is 7.07. The summed E-state index contributed by atoms with van der Waals surface area (Å²) in [5.74, 6) is 0.409. The van der Waals surface area contributed by atoms with E-state index in [1.807, 2.05) is 48.5 Å². The van der Waals surface area contributed by atoms with Crippen molar-refractivity contribution in [2.24, 2.45) is 0 Å². The first-order chi connectivity index (χ1) is 17.9. The zero-order valence-corrected chi connectivity index (χ0v) is 21.8. The molecule has 0 radical (unpaired) electrons. The number of nitriles is 1. The molecule has 0 bridgehead atoms. The van der Waals surface area contributed by atoms with E-state index in [0.717, 1.165) is 21.2 Å². The number of likely N-dealkylation sites (tertiary alicyclic amines) is 1. The first-order valence-corrected chi connectivity index (χ1v) is 14.1. The van der Waals surface area contributed by atoms with Crippen LogP contribution < -0.4 is 4.74 Å². The van der Waals surface area contributed by atoms with Crippen molar-refractivity contribution in [1.29, 1.82) is 5.26 Å². The van der Waals surface area contributed by atoms with Gasteiger partial charge in [-0.1, -0.05) is 42.5 Å². The minimum absolute atomic E-state index is 0.0845. The van der Waals surface area contributed by atoms with Crippen LogP contribution in [0.3, 0.4) is 0 Å². The second-order valence-electron chi connectivity index (χ2n) is 8.85. The van der Waals surface area contributed by atoms with Crippen LogP contribution in [0.1, 0.15) is 21.7 Å². The molecule has 1 aliphatic heterocycles. The lowest BCUT2D eigenvalue weighted by Gasteiger charge is -2.27. The lowest BCUT2D eigenvalue weighted by molar-refractivity contribution is -0.131. The van der Waals surface area contributed by atoms with Crippen molar-refractivity contribution < 1.29 is 17.9 Å². The lowest BCUT2D eigenvalue weighted by atomic mass is 10.1. The van der Waals surface area contributed by atoms with Gasteiger partial charge in [0.1, 0.15) is 22.7 Å². The standard InChI is InChI=1S/C28H25N3O4S2/c1-35-23-9-7-21-8-12-26(16-22(21)15-23)37(33,34)31(18-20-5-3-2-4-6-20)27-13-14-30(28(27)32)19-25-11-10-24(17-29)36-25/h2-12,15-16,27H,13-14,18-19H2,1H3/t27-/m0/s1. The number of thiophene rings is 1. The van der Waals surface area contributed by atoms with Crippen LogP contribution in [0.2, 0.25) is 0 Å². The highest BCUT2D eigenvalue weighted by molar-refractivity contribution is 7.89. The Labute approximate surface area is 220 Å². The zero-order valence-electron chi connectivity index (χ0n) is 20.2. The number of ether oxygens (including phenoxy) is 1. The Morgan fingerprint density at radius 2 is 1.84 bits per heavy atom. The molecule has 0 spiro atoms. The lowest BCUT2D eigenvalue weighted by Crippen LogP contribution is -2.44. The molecule has 1 amide bonds. The minimum Gasteiger partial charge on any atom is -0.497 e. The number of carbonyl (C=O) groups is 1. The topological polar surface area (TPSA) is 90.7 Å². The summed E-state index contributed by atoms with van der Waals surface area (Å²) in [6.07, 6.45) is 0.392. The van der Waals surface area contributed by atoms with Gasteiger partial charge in [-0.25, -0.2) is 8.42 Å². The number of carbonyl (C=O) groups excluding carboxylic acids is 1. The molecule has 0 unspecified atom stereocenters. The van der Waals surface area contributed by atoms with Crippen molar-refractivity contribution in [2.75, 3.05) is 13.7 Å². The number of hydrogen-bond donors (Lipinski definition) is 0. The molecule has 9 heteroatoms. The highest BCUT2D eigenvalue weighted by atomic mass is 32.2. The zero-order chi connectivity index (χ0) is 26.0. The fourth-order valence-electron chi connectivity index (χ4n) is 4.61. The monoisotopic (exact) mass is 531 g/mol. The van der Waals surface area contributed by atoms with Crippen LogP contribution >= 0.6 is 11.3 Å². The SMILES string of the molecule is COc1ccc2ccc(S(=O)(=O)N(Cc3ccccc3)[C@H]3CCN(Cc4ccc(C#N)s4)C3=O)cc2c1. The number of rotatable bonds is 8. The van der Waals surface area contributed by atoms with Crippen LogP contribution in [0.4, 0.5) is 0 Å². The summed E-state index contributed by atoms with van der Waals surface area (Å²) in [6.45, 7) is 0.886. The largest absolute Gasteiger partial charge is 0.497 e. The minimum atomic E-state index is -4.02. The van der Waals surface area contributed by atoms with Gasteiger partial charge in [0.2, 0.25) is 15.9 Å². The van der Waals surface area contributed by atoms with Crippen LogP contribution in [0, 0.1) is 11.3 Å². The molecule has 1 saturated heterocycles. The Hall–Kier alpha value is -3.71. The number of amides is 1. The summed E-state index contributed by atoms with van der Waals surface area (Å²) in [4.78, 5) is 16.8. The first kappa shape index (κ1) is 25.0. The molecular weight excluding hydrogens is 506 g/mol. The number of methoxy groups -OCH3 is 1. The van der Waals surface area contributed by atoms with E-state index in [0.29, 0.717) is 30.1 Å². The molecule has 3 aromatic carbocycles. The highest BCUT2D eigenvalue weighted by Crippen LogP contribution is 2.31. The number of sulfonamides is 1. The smallest absolute Gasteiger partial charge is 0.244 e. The molecule has 1 atom stereocenters. The van der Waals surface area contributed by atoms with E-state index < -0.39 is 16.1 Å². The summed E-state index contributed by atoms with van der Waals surface area (Å²) >= 11 is 1.34. The van der Waals surface area contributed by atoms with E-state index in [9.17, 15) is 13.2 Å². The van der Waals surface area contributed by atoms with Gasteiger partial charge in [-0.15, -0.1) is 11.3 Å². The van der Waals surface area contributed by atoms with E-state index in [4.69, 9.17) is 10.00 Å². The van der Waals surface area contributed by atoms with Crippen molar-refractivity contribution in [2.45, 2.75) is 30.4 Å². The van der Waals surface area contributed by atoms with Crippen molar-refractivity contribution in [1.82, 2.24) is 9.21 Å². The van der Waals surface area contributed by atoms with Crippen molar-refractivity contribution in [3.63, 3.8) is 0 Å². The first-order valence-electron chi connectivity index (χ1n) is 11.8. The predicted octanol–water partition coefficient (Wildman–Crippen LogP) is 4.77. The average molecular weight is 532 g/mol. The van der Waals surface area contributed by atoms with Gasteiger partial charge >= 0.3 is 0 Å². The van der Waals surface area contributed by atoms with Gasteiger partial charge in [0.25, 0.3) is 0 Å². The van der Waals surface area contributed by atoms with Crippen molar-refractivity contribution in [3.05, 3.63) is 94.2 Å². The van der Waals surface area contributed by atoms with Crippen LogP contribution in [-0.4, -0.2) is 43.2 Å². The molecule has 188 valence electrons. The van der Waals surface area contributed by atoms with E-state index >= 15 is 0 Å². The van der Waals surface area contributed by atoms with Gasteiger partial charge < -0.3 is 9.64 Å². The quantitative estimate of drug-likeness (QED) is 0.327. The fraction of sp³-hybridized carbons (Fsp3) is 0.214. The normalized spacial score (nSPS) is 15.9. The van der Waals surface area contributed by atoms with E-state index in [1.165, 1.54) is 15.6 Å². The number of hydrogen-bond acceptors (Lipinski definition) is 6. The Bertz CT molecular complexity index is 1590. The molecule has 1 aliphatic rings. The van der Waals surface area contributed by atoms with E-state index in [-0.39, 0.29) is 17.3 Å². The third kappa shape index (κ3) is 5.09. The van der Waals surface area contributed by atoms with E-state index in [1.54, 1.807) is 42.3 Å². The maximum absolute atomic E-state index is 14.1. The molecule has 7 nitrogen and oxygen atoms in total. The van der Waals surface area contributed by atoms with Gasteiger partial charge in [0, 0.05) is 18.0 Å². The molecule has 4 aromatic rings. The molecule has 2 heterocycles. The van der Waals surface area contributed by atoms with Gasteiger partial charge in [0.05, 0.1) is 18.6 Å². The number of nitrogens with zero attached hydrogens (tertiary/aromatic N) is 3. The molecule has 0 saturated carbocycles. The molecular formula is C28H25N3O4S2. The Balaban J connectivity index is 1.49. The number of benzene rings is 3. The Morgan fingerprint density at radius 3 is 2.57 bits per heavy atom. The maximum Gasteiger partial charge on any atom is 0.244 e. The molecule has 37 heavy (non-hydrogen) atoms. The summed E-state index contributed by atoms with van der Waals surface area (Å²) in [5, 5.41) is 10.7. The molecule has 1 fully saturated rings. The summed E-state index contributed by atoms with van der Waals surface area (Å²) in [5.41, 5.74) is 0.803. The maximum atomic E-state index is 14.1. The van der Waals surface area contributed by atoms with Crippen LogP contribution in [0.5, 0.6) is 5.75 Å². The molecule has 0 aliphatic carbocycles. The predicted molar refractivity (Wildman–Crippen MR) is 143 cm³/mol. The summed E-state index contributed by atoms with van der Waals surface area (Å²) in [6, 6.07) is 24.7. The van der Waals surface area contributed by atoms with Crippen LogP contribution in [0.25, 0.3) is 10.8 Å². The molecule has 5 rings (SSSR count). The van der Waals surface area contributed by atoms with Gasteiger partial charge in [-0.3, -0.25) is 4.79 Å². The summed E-state index contributed by atoms with van der Waals surface area (Å²) < 4.78 is 34.8. The Kier molecular flexibility index (Phi) is 6.98. The highest BCUT2D eigenvalue weighted by Gasteiger charge is 2.42. The number of fused-ring (bicyclic) bond motifs is 1. The summed E-state index contributed by atoms with van der Waals surface area (Å²) in [7, 11) is -2.45. The second-order valence-corrected chi connectivity index (χ2v) is 11.9. The van der Waals surface area contributed by atoms with E-state index in [2.05, 4.69) is 6.07 Å². The van der Waals surface area contributed by atoms with Crippen molar-refractivity contribution >= 4 is 38.0 Å². The molecule has 0 N–H and O–H groups in total. The average Bonchev–Trinajstić information content (AvgIpc) is 3.53. The Morgan fingerprint density at radius 1 is 1.05 bits per heavy atom. The van der Waals surface area contributed by atoms with Gasteiger partial charge in [-0.05, 0) is 59.2 Å². The van der Waals surface area contributed by atoms with Gasteiger partial charge in [-0.2, -0.15) is 9.57 Å². The third-order valence-corrected chi connectivity index (χ3v) is 9.37. The van der Waals surface area contributed by atoms with Crippen LogP contribution in [0.15, 0.2) is 83.8 Å². The third-order valence-electron chi connectivity index (χ3n) is 6.54. The van der Waals surface area contributed by atoms with Crippen LogP contribution in [-0.2, 0) is 27.9 Å². The van der Waals surface area contributed by atoms with Gasteiger partial charge in [0.15, 0.2) is 0 Å². The molecule has 1 aromatic heterocycles. The van der Waals surface area contributed by atoms with Crippen molar-refractivity contribution in [3.8, 4) is 11.8 Å².